The molecular weight excluding hydrogens is 567 g/mol. The van der Waals surface area contributed by atoms with Gasteiger partial charge in [0.05, 0.1) is 17.8 Å². The topological polar surface area (TPSA) is 99.2 Å². The summed E-state index contributed by atoms with van der Waals surface area (Å²) in [5.41, 5.74) is 5.02. The number of aliphatic hydroxyl groups is 1. The highest BCUT2D eigenvalue weighted by molar-refractivity contribution is 5.82. The molecule has 0 radical (unpaired) electrons. The average molecular weight is 604 g/mol. The summed E-state index contributed by atoms with van der Waals surface area (Å²) in [5, 5.41) is 19.7. The Kier molecular flexibility index (Phi) is 9.31. The quantitative estimate of drug-likeness (QED) is 0.153. The summed E-state index contributed by atoms with van der Waals surface area (Å²) >= 11 is 0. The van der Waals surface area contributed by atoms with Gasteiger partial charge in [-0.3, -0.25) is 4.79 Å². The van der Waals surface area contributed by atoms with Crippen LogP contribution in [-0.2, 0) is 16.8 Å². The van der Waals surface area contributed by atoms with E-state index in [1.54, 1.807) is 24.3 Å². The van der Waals surface area contributed by atoms with Crippen molar-refractivity contribution in [1.29, 1.82) is 0 Å². The van der Waals surface area contributed by atoms with E-state index >= 15 is 0 Å². The lowest BCUT2D eigenvalue weighted by molar-refractivity contribution is -0.175. The predicted octanol–water partition coefficient (Wildman–Crippen LogP) is 6.24. The van der Waals surface area contributed by atoms with E-state index in [4.69, 9.17) is 0 Å². The van der Waals surface area contributed by atoms with Crippen LogP contribution in [0.15, 0.2) is 91.3 Å². The van der Waals surface area contributed by atoms with E-state index in [2.05, 4.69) is 46.6 Å². The highest BCUT2D eigenvalue weighted by Crippen LogP contribution is 2.46. The second kappa shape index (κ2) is 13.2. The van der Waals surface area contributed by atoms with Crippen LogP contribution in [0.3, 0.4) is 0 Å². The Morgan fingerprint density at radius 3 is 2.34 bits per heavy atom. The number of hydrogen-bond donors (Lipinski definition) is 4. The van der Waals surface area contributed by atoms with Crippen molar-refractivity contribution in [3.05, 3.63) is 108 Å². The Hall–Kier alpha value is -4.28. The van der Waals surface area contributed by atoms with Gasteiger partial charge in [0.25, 0.3) is 0 Å². The third kappa shape index (κ3) is 7.81. The molecule has 230 valence electrons. The number of carbonyl (C=O) groups is 1. The van der Waals surface area contributed by atoms with Gasteiger partial charge >= 0.3 is 12.1 Å². The molecule has 2 atom stereocenters. The number of rotatable bonds is 12. The van der Waals surface area contributed by atoms with Crippen LogP contribution in [0, 0.1) is 0 Å². The van der Waals surface area contributed by atoms with Crippen molar-refractivity contribution in [3.8, 4) is 11.3 Å². The van der Waals surface area contributed by atoms with Crippen molar-refractivity contribution in [2.24, 2.45) is 0 Å². The highest BCUT2D eigenvalue weighted by Gasteiger charge is 2.45. The molecule has 0 aliphatic heterocycles. The molecule has 44 heavy (non-hydrogen) atoms. The zero-order valence-electron chi connectivity index (χ0n) is 24.6. The predicted molar refractivity (Wildman–Crippen MR) is 164 cm³/mol. The molecule has 0 bridgehead atoms. The molecule has 3 aromatic carbocycles. The number of benzene rings is 3. The van der Waals surface area contributed by atoms with Crippen LogP contribution in [-0.4, -0.2) is 45.8 Å². The number of nitrogens with one attached hydrogen (secondary N) is 3. The van der Waals surface area contributed by atoms with Crippen molar-refractivity contribution < 1.29 is 23.1 Å². The number of anilines is 2. The van der Waals surface area contributed by atoms with Gasteiger partial charge in [0, 0.05) is 29.4 Å². The lowest BCUT2D eigenvalue weighted by Crippen LogP contribution is -2.53. The molecular formula is C34H36F3N5O2. The normalized spacial score (nSPS) is 15.4. The van der Waals surface area contributed by atoms with E-state index in [1.165, 1.54) is 11.9 Å². The van der Waals surface area contributed by atoms with Crippen molar-refractivity contribution in [1.82, 2.24) is 20.6 Å². The zero-order valence-corrected chi connectivity index (χ0v) is 24.6. The molecule has 1 aliphatic carbocycles. The van der Waals surface area contributed by atoms with Gasteiger partial charge in [-0.2, -0.15) is 13.2 Å². The van der Waals surface area contributed by atoms with Crippen molar-refractivity contribution in [2.75, 3.05) is 11.9 Å². The monoisotopic (exact) mass is 603 g/mol. The van der Waals surface area contributed by atoms with Gasteiger partial charge < -0.3 is 21.1 Å². The first kappa shape index (κ1) is 31.2. The highest BCUT2D eigenvalue weighted by atomic mass is 19.4. The summed E-state index contributed by atoms with van der Waals surface area (Å²) in [5.74, 6) is -1.15. The number of nitrogens with zero attached hydrogens (tertiary/aromatic N) is 2. The molecule has 0 unspecified atom stereocenters. The smallest absolute Gasteiger partial charge is 0.390 e. The Balaban J connectivity index is 1.26. The third-order valence-corrected chi connectivity index (χ3v) is 7.96. The number of alkyl halides is 3. The van der Waals surface area contributed by atoms with E-state index in [0.29, 0.717) is 23.0 Å². The van der Waals surface area contributed by atoms with E-state index in [0.717, 1.165) is 29.7 Å². The van der Waals surface area contributed by atoms with Gasteiger partial charge in [-0.05, 0) is 54.0 Å². The fourth-order valence-electron chi connectivity index (χ4n) is 5.18. The molecule has 1 aromatic heterocycles. The first-order valence-electron chi connectivity index (χ1n) is 14.7. The van der Waals surface area contributed by atoms with Crippen molar-refractivity contribution in [3.63, 3.8) is 0 Å². The molecule has 10 heteroatoms. The fraction of sp³-hybridized carbons (Fsp3) is 0.324. The maximum absolute atomic E-state index is 13.2. The van der Waals surface area contributed by atoms with Gasteiger partial charge in [0.15, 0.2) is 0 Å². The largest absolute Gasteiger partial charge is 0.471 e. The minimum atomic E-state index is -5.07. The standard InChI is InChI=1S/C34H36F3N5O2/c1-22(2)25-9-6-10-26(18-25)33(15-16-33)40-20-30(43)29(42-32(44)34(35,36)37)17-23-11-13-27(14-12-23)41-31-19-28(38-21-39-31)24-7-4-3-5-8-24/h3-14,18-19,21-22,29-30,40,43H,15-17,20H2,1-2H3,(H,42,44)(H,38,39,41)/t29-,30-/m0/s1. The van der Waals surface area contributed by atoms with Gasteiger partial charge in [-0.25, -0.2) is 9.97 Å². The molecule has 4 N–H and O–H groups in total. The SMILES string of the molecule is CC(C)c1cccc(C2(NC[C@H](O)[C@H](Cc3ccc(Nc4cc(-c5ccccc5)ncn4)cc3)NC(=O)C(F)(F)F)CC2)c1. The number of amides is 1. The molecule has 1 aliphatic rings. The molecule has 1 heterocycles. The second-order valence-electron chi connectivity index (χ2n) is 11.6. The molecule has 0 spiro atoms. The average Bonchev–Trinajstić information content (AvgIpc) is 3.82. The summed E-state index contributed by atoms with van der Waals surface area (Å²) < 4.78 is 39.6. The molecule has 1 fully saturated rings. The Morgan fingerprint density at radius 2 is 1.68 bits per heavy atom. The zero-order chi connectivity index (χ0) is 31.3. The van der Waals surface area contributed by atoms with Crippen LogP contribution >= 0.6 is 0 Å². The first-order valence-corrected chi connectivity index (χ1v) is 14.7. The molecule has 1 amide bonds. The number of aliphatic hydroxyl groups excluding tert-OH is 1. The Labute approximate surface area is 255 Å². The summed E-state index contributed by atoms with van der Waals surface area (Å²) in [6, 6.07) is 25.6. The van der Waals surface area contributed by atoms with Crippen LogP contribution < -0.4 is 16.0 Å². The summed E-state index contributed by atoms with van der Waals surface area (Å²) in [4.78, 5) is 20.5. The van der Waals surface area contributed by atoms with E-state index < -0.39 is 24.2 Å². The molecule has 0 saturated heterocycles. The number of hydrogen-bond acceptors (Lipinski definition) is 6. The lowest BCUT2D eigenvalue weighted by Gasteiger charge is -2.28. The molecule has 7 nitrogen and oxygen atoms in total. The number of aromatic nitrogens is 2. The lowest BCUT2D eigenvalue weighted by atomic mass is 9.96. The van der Waals surface area contributed by atoms with Crippen molar-refractivity contribution >= 4 is 17.4 Å². The maximum atomic E-state index is 13.2. The van der Waals surface area contributed by atoms with E-state index in [-0.39, 0.29) is 18.5 Å². The fourth-order valence-corrected chi connectivity index (χ4v) is 5.18. The Bertz CT molecular complexity index is 1560. The van der Waals surface area contributed by atoms with Crippen LogP contribution in [0.1, 0.15) is 49.3 Å². The van der Waals surface area contributed by atoms with Gasteiger partial charge in [-0.15, -0.1) is 0 Å². The third-order valence-electron chi connectivity index (χ3n) is 7.96. The maximum Gasteiger partial charge on any atom is 0.471 e. The van der Waals surface area contributed by atoms with E-state index in [1.807, 2.05) is 53.8 Å². The first-order chi connectivity index (χ1) is 21.0. The van der Waals surface area contributed by atoms with Gasteiger partial charge in [0.1, 0.15) is 12.1 Å². The minimum Gasteiger partial charge on any atom is -0.390 e. The van der Waals surface area contributed by atoms with Gasteiger partial charge in [-0.1, -0.05) is 80.6 Å². The molecule has 1 saturated carbocycles. The molecule has 5 rings (SSSR count). The van der Waals surface area contributed by atoms with Gasteiger partial charge in [0.2, 0.25) is 0 Å². The van der Waals surface area contributed by atoms with Crippen LogP contribution in [0.4, 0.5) is 24.7 Å². The minimum absolute atomic E-state index is 0.00639. The summed E-state index contributed by atoms with van der Waals surface area (Å²) in [7, 11) is 0. The Morgan fingerprint density at radius 1 is 0.955 bits per heavy atom. The van der Waals surface area contributed by atoms with E-state index in [9.17, 15) is 23.1 Å². The molecule has 4 aromatic rings. The van der Waals surface area contributed by atoms with Crippen LogP contribution in [0.25, 0.3) is 11.3 Å². The second-order valence-corrected chi connectivity index (χ2v) is 11.6. The van der Waals surface area contributed by atoms with Crippen molar-refractivity contribution in [2.45, 2.75) is 62.9 Å². The number of carbonyl (C=O) groups excluding carboxylic acids is 1. The summed E-state index contributed by atoms with van der Waals surface area (Å²) in [6.45, 7) is 4.25. The van der Waals surface area contributed by atoms with Crippen LogP contribution in [0.5, 0.6) is 0 Å². The number of halogens is 3. The van der Waals surface area contributed by atoms with Crippen LogP contribution in [0.2, 0.25) is 0 Å². The summed E-state index contributed by atoms with van der Waals surface area (Å²) in [6.07, 6.45) is -3.14.